The summed E-state index contributed by atoms with van der Waals surface area (Å²) in [5.74, 6) is 1.11. The van der Waals surface area contributed by atoms with Crippen LogP contribution in [0.2, 0.25) is 0 Å². The first-order valence-electron chi connectivity index (χ1n) is 8.06. The van der Waals surface area contributed by atoms with Gasteiger partial charge in [-0.25, -0.2) is 0 Å². The lowest BCUT2D eigenvalue weighted by Crippen LogP contribution is -2.42. The maximum atomic E-state index is 12.3. The Morgan fingerprint density at radius 2 is 2.04 bits per heavy atom. The van der Waals surface area contributed by atoms with Crippen LogP contribution in [0, 0.1) is 0 Å². The fraction of sp³-hybridized carbons (Fsp3) is 0.500. The quantitative estimate of drug-likeness (QED) is 0.795. The standard InChI is InChI=1S/C16H22N4O3S/c1-19(2)24(21,22)20-12-6-9-14(20)10-11-15-17-16(23-18-15)13-7-4-3-5-8-13/h3-5,7-8,14H,6,9-12H2,1-2H3. The van der Waals surface area contributed by atoms with Crippen LogP contribution in [0.4, 0.5) is 0 Å². The zero-order chi connectivity index (χ0) is 17.2. The molecular weight excluding hydrogens is 328 g/mol. The van der Waals surface area contributed by atoms with Crippen molar-refractivity contribution in [2.24, 2.45) is 0 Å². The maximum Gasteiger partial charge on any atom is 0.281 e. The molecule has 3 rings (SSSR count). The molecule has 130 valence electrons. The number of nitrogens with zero attached hydrogens (tertiary/aromatic N) is 4. The molecule has 0 aliphatic carbocycles. The normalized spacial score (nSPS) is 19.2. The van der Waals surface area contributed by atoms with E-state index in [1.807, 2.05) is 30.3 Å². The van der Waals surface area contributed by atoms with E-state index in [9.17, 15) is 8.42 Å². The molecule has 0 radical (unpaired) electrons. The molecule has 0 spiro atoms. The van der Waals surface area contributed by atoms with Gasteiger partial charge < -0.3 is 4.52 Å². The molecule has 0 bridgehead atoms. The summed E-state index contributed by atoms with van der Waals surface area (Å²) in [5.41, 5.74) is 0.883. The monoisotopic (exact) mass is 350 g/mol. The van der Waals surface area contributed by atoms with Gasteiger partial charge in [-0.3, -0.25) is 0 Å². The lowest BCUT2D eigenvalue weighted by Gasteiger charge is -2.26. The number of benzene rings is 1. The van der Waals surface area contributed by atoms with Crippen LogP contribution in [0.3, 0.4) is 0 Å². The second-order valence-corrected chi connectivity index (χ2v) is 8.21. The summed E-state index contributed by atoms with van der Waals surface area (Å²) >= 11 is 0. The Hall–Kier alpha value is -1.77. The van der Waals surface area contributed by atoms with Gasteiger partial charge in [0.1, 0.15) is 0 Å². The summed E-state index contributed by atoms with van der Waals surface area (Å²) < 4.78 is 32.8. The van der Waals surface area contributed by atoms with E-state index in [0.29, 0.717) is 31.1 Å². The molecule has 24 heavy (non-hydrogen) atoms. The molecule has 1 atom stereocenters. The van der Waals surface area contributed by atoms with Crippen molar-refractivity contribution < 1.29 is 12.9 Å². The van der Waals surface area contributed by atoms with Crippen molar-refractivity contribution in [3.63, 3.8) is 0 Å². The third-order valence-electron chi connectivity index (χ3n) is 4.27. The Balaban J connectivity index is 1.65. The average Bonchev–Trinajstić information content (AvgIpc) is 3.23. The zero-order valence-electron chi connectivity index (χ0n) is 13.9. The van der Waals surface area contributed by atoms with E-state index in [1.54, 1.807) is 18.4 Å². The number of aryl methyl sites for hydroxylation is 1. The molecule has 0 saturated carbocycles. The number of hydrogen-bond donors (Lipinski definition) is 0. The van der Waals surface area contributed by atoms with E-state index < -0.39 is 10.2 Å². The second-order valence-electron chi connectivity index (χ2n) is 6.12. The van der Waals surface area contributed by atoms with Crippen LogP contribution >= 0.6 is 0 Å². The van der Waals surface area contributed by atoms with Crippen molar-refractivity contribution >= 4 is 10.2 Å². The summed E-state index contributed by atoms with van der Waals surface area (Å²) in [6.07, 6.45) is 3.05. The molecule has 7 nitrogen and oxygen atoms in total. The minimum atomic E-state index is -3.37. The molecule has 1 aromatic heterocycles. The van der Waals surface area contributed by atoms with Crippen LogP contribution in [0.25, 0.3) is 11.5 Å². The summed E-state index contributed by atoms with van der Waals surface area (Å²) in [6.45, 7) is 0.576. The highest BCUT2D eigenvalue weighted by Crippen LogP contribution is 2.26. The van der Waals surface area contributed by atoms with Gasteiger partial charge in [0.05, 0.1) is 0 Å². The van der Waals surface area contributed by atoms with Gasteiger partial charge in [-0.05, 0) is 31.4 Å². The van der Waals surface area contributed by atoms with Crippen LogP contribution in [0.5, 0.6) is 0 Å². The van der Waals surface area contributed by atoms with Gasteiger partial charge >= 0.3 is 0 Å². The minimum Gasteiger partial charge on any atom is -0.334 e. The smallest absolute Gasteiger partial charge is 0.281 e. The third kappa shape index (κ3) is 3.50. The van der Waals surface area contributed by atoms with E-state index in [4.69, 9.17) is 4.52 Å². The van der Waals surface area contributed by atoms with Crippen LogP contribution in [0.1, 0.15) is 25.1 Å². The van der Waals surface area contributed by atoms with Gasteiger partial charge in [0.25, 0.3) is 16.1 Å². The molecule has 2 heterocycles. The zero-order valence-corrected chi connectivity index (χ0v) is 14.7. The topological polar surface area (TPSA) is 79.5 Å². The number of aromatic nitrogens is 2. The molecule has 0 N–H and O–H groups in total. The highest BCUT2D eigenvalue weighted by atomic mass is 32.2. The summed E-state index contributed by atoms with van der Waals surface area (Å²) in [6, 6.07) is 9.60. The van der Waals surface area contributed by atoms with Crippen molar-refractivity contribution in [3.05, 3.63) is 36.2 Å². The molecule has 1 saturated heterocycles. The summed E-state index contributed by atoms with van der Waals surface area (Å²) in [4.78, 5) is 4.41. The summed E-state index contributed by atoms with van der Waals surface area (Å²) in [5, 5.41) is 4.01. The molecule has 8 heteroatoms. The predicted molar refractivity (Wildman–Crippen MR) is 90.4 cm³/mol. The lowest BCUT2D eigenvalue weighted by atomic mass is 10.1. The Bertz CT molecular complexity index is 774. The van der Waals surface area contributed by atoms with Crippen LogP contribution < -0.4 is 0 Å². The first-order chi connectivity index (χ1) is 11.5. The second kappa shape index (κ2) is 7.00. The molecule has 1 aromatic carbocycles. The van der Waals surface area contributed by atoms with Crippen molar-refractivity contribution in [2.75, 3.05) is 20.6 Å². The Morgan fingerprint density at radius 3 is 2.75 bits per heavy atom. The van der Waals surface area contributed by atoms with E-state index in [0.717, 1.165) is 18.4 Å². The molecule has 2 aromatic rings. The van der Waals surface area contributed by atoms with Gasteiger partial charge in [0, 0.05) is 38.7 Å². The average molecular weight is 350 g/mol. The predicted octanol–water partition coefficient (Wildman–Crippen LogP) is 1.94. The van der Waals surface area contributed by atoms with E-state index in [1.165, 1.54) is 4.31 Å². The molecule has 1 fully saturated rings. The largest absolute Gasteiger partial charge is 0.334 e. The Kier molecular flexibility index (Phi) is 4.98. The van der Waals surface area contributed by atoms with Crippen molar-refractivity contribution in [1.82, 2.24) is 18.8 Å². The number of rotatable bonds is 6. The van der Waals surface area contributed by atoms with E-state index in [-0.39, 0.29) is 6.04 Å². The highest BCUT2D eigenvalue weighted by molar-refractivity contribution is 7.86. The Morgan fingerprint density at radius 1 is 1.29 bits per heavy atom. The lowest BCUT2D eigenvalue weighted by molar-refractivity contribution is 0.340. The molecule has 1 aliphatic heterocycles. The first kappa shape index (κ1) is 17.1. The molecular formula is C16H22N4O3S. The molecule has 1 aliphatic rings. The van der Waals surface area contributed by atoms with Crippen LogP contribution in [0.15, 0.2) is 34.9 Å². The maximum absolute atomic E-state index is 12.3. The van der Waals surface area contributed by atoms with Gasteiger partial charge in [0.15, 0.2) is 5.82 Å². The van der Waals surface area contributed by atoms with Crippen molar-refractivity contribution in [3.8, 4) is 11.5 Å². The van der Waals surface area contributed by atoms with Crippen molar-refractivity contribution in [2.45, 2.75) is 31.7 Å². The van der Waals surface area contributed by atoms with Gasteiger partial charge in [-0.1, -0.05) is 23.4 Å². The highest BCUT2D eigenvalue weighted by Gasteiger charge is 2.35. The SMILES string of the molecule is CN(C)S(=O)(=O)N1CCCC1CCc1noc(-c2ccccc2)n1. The fourth-order valence-electron chi connectivity index (χ4n) is 2.96. The Labute approximate surface area is 142 Å². The molecule has 1 unspecified atom stereocenters. The van der Waals surface area contributed by atoms with Crippen LogP contribution in [-0.4, -0.2) is 53.9 Å². The van der Waals surface area contributed by atoms with Gasteiger partial charge in [0.2, 0.25) is 0 Å². The van der Waals surface area contributed by atoms with Gasteiger partial charge in [-0.15, -0.1) is 0 Å². The molecule has 0 amide bonds. The minimum absolute atomic E-state index is 0.00363. The first-order valence-corrected chi connectivity index (χ1v) is 9.45. The third-order valence-corrected chi connectivity index (χ3v) is 6.27. The van der Waals surface area contributed by atoms with E-state index >= 15 is 0 Å². The van der Waals surface area contributed by atoms with E-state index in [2.05, 4.69) is 10.1 Å². The van der Waals surface area contributed by atoms with Gasteiger partial charge in [-0.2, -0.15) is 22.0 Å². The fourth-order valence-corrected chi connectivity index (χ4v) is 4.33. The summed E-state index contributed by atoms with van der Waals surface area (Å²) in [7, 11) is -0.235. The van der Waals surface area contributed by atoms with Crippen LogP contribution in [-0.2, 0) is 16.6 Å². The van der Waals surface area contributed by atoms with Crippen molar-refractivity contribution in [1.29, 1.82) is 0 Å². The number of hydrogen-bond acceptors (Lipinski definition) is 5.